The molecule has 0 spiro atoms. The minimum absolute atomic E-state index is 0.583. The molecule has 0 amide bonds. The molecule has 7 nitrogen and oxygen atoms in total. The van der Waals surface area contributed by atoms with E-state index in [0.717, 1.165) is 28.5 Å². The lowest BCUT2D eigenvalue weighted by molar-refractivity contribution is 0.540. The molecule has 23 heavy (non-hydrogen) atoms. The van der Waals surface area contributed by atoms with Crippen LogP contribution in [0.3, 0.4) is 0 Å². The molecule has 0 saturated heterocycles. The van der Waals surface area contributed by atoms with E-state index in [2.05, 4.69) is 31.7 Å². The van der Waals surface area contributed by atoms with Gasteiger partial charge in [-0.05, 0) is 35.9 Å². The summed E-state index contributed by atoms with van der Waals surface area (Å²) < 4.78 is 7.72. The van der Waals surface area contributed by atoms with E-state index in [9.17, 15) is 0 Å². The molecule has 0 radical (unpaired) electrons. The van der Waals surface area contributed by atoms with Crippen molar-refractivity contribution in [2.75, 3.05) is 0 Å². The number of aromatic nitrogens is 6. The summed E-state index contributed by atoms with van der Waals surface area (Å²) in [5, 5.41) is 14.1. The normalized spacial score (nSPS) is 11.0. The predicted molar refractivity (Wildman–Crippen MR) is 83.4 cm³/mol. The van der Waals surface area contributed by atoms with Gasteiger partial charge in [-0.2, -0.15) is 5.21 Å². The Hall–Kier alpha value is -3.22. The third kappa shape index (κ3) is 2.64. The maximum atomic E-state index is 5.67. The van der Waals surface area contributed by atoms with Crippen molar-refractivity contribution >= 4 is 0 Å². The monoisotopic (exact) mass is 306 g/mol. The molecule has 3 aromatic heterocycles. The highest BCUT2D eigenvalue weighted by molar-refractivity contribution is 5.55. The summed E-state index contributed by atoms with van der Waals surface area (Å²) in [6.07, 6.45) is 3.71. The first-order chi connectivity index (χ1) is 11.3. The van der Waals surface area contributed by atoms with E-state index in [-0.39, 0.29) is 0 Å². The lowest BCUT2D eigenvalue weighted by atomic mass is 10.1. The number of aromatic amines is 1. The number of aryl methyl sites for hydroxylation is 1. The molecule has 0 aliphatic carbocycles. The van der Waals surface area contributed by atoms with Crippen molar-refractivity contribution in [2.24, 2.45) is 0 Å². The number of H-pyrrole nitrogens is 1. The lowest BCUT2D eigenvalue weighted by Crippen LogP contribution is -2.01. The van der Waals surface area contributed by atoms with Crippen LogP contribution in [-0.4, -0.2) is 30.2 Å². The average molecular weight is 306 g/mol. The van der Waals surface area contributed by atoms with E-state index in [4.69, 9.17) is 4.42 Å². The molecule has 3 heterocycles. The standard InChI is InChI=1S/C16H14N6O/c1-11-5-6-14(23-11)16-17-7-8-22(16)10-12-3-2-4-13(9-12)15-18-20-21-19-15/h2-9H,10H2,1H3,(H,18,19,20,21). The van der Waals surface area contributed by atoms with Crippen molar-refractivity contribution in [3.05, 3.63) is 60.1 Å². The van der Waals surface area contributed by atoms with Crippen LogP contribution >= 0.6 is 0 Å². The minimum Gasteiger partial charge on any atom is -0.458 e. The second kappa shape index (κ2) is 5.53. The number of hydrogen-bond donors (Lipinski definition) is 1. The van der Waals surface area contributed by atoms with Crippen molar-refractivity contribution in [1.29, 1.82) is 0 Å². The van der Waals surface area contributed by atoms with Gasteiger partial charge < -0.3 is 8.98 Å². The summed E-state index contributed by atoms with van der Waals surface area (Å²) in [4.78, 5) is 4.40. The third-order valence-corrected chi connectivity index (χ3v) is 3.56. The number of nitrogens with one attached hydrogen (secondary N) is 1. The number of furan rings is 1. The smallest absolute Gasteiger partial charge is 0.204 e. The van der Waals surface area contributed by atoms with Crippen LogP contribution < -0.4 is 0 Å². The molecule has 0 fully saturated rings. The van der Waals surface area contributed by atoms with Crippen molar-refractivity contribution in [3.63, 3.8) is 0 Å². The highest BCUT2D eigenvalue weighted by Gasteiger charge is 2.11. The van der Waals surface area contributed by atoms with Crippen molar-refractivity contribution < 1.29 is 4.42 Å². The molecule has 0 aliphatic rings. The van der Waals surface area contributed by atoms with Gasteiger partial charge in [0.25, 0.3) is 0 Å². The molecule has 0 unspecified atom stereocenters. The molecular formula is C16H14N6O. The first-order valence-corrected chi connectivity index (χ1v) is 7.20. The van der Waals surface area contributed by atoms with Gasteiger partial charge in [-0.25, -0.2) is 4.98 Å². The molecular weight excluding hydrogens is 292 g/mol. The molecule has 4 rings (SSSR count). The van der Waals surface area contributed by atoms with Crippen molar-refractivity contribution in [1.82, 2.24) is 30.2 Å². The van der Waals surface area contributed by atoms with Gasteiger partial charge >= 0.3 is 0 Å². The molecule has 114 valence electrons. The zero-order valence-corrected chi connectivity index (χ0v) is 12.5. The van der Waals surface area contributed by atoms with Crippen LogP contribution in [0.25, 0.3) is 23.0 Å². The van der Waals surface area contributed by atoms with Gasteiger partial charge in [-0.1, -0.05) is 18.2 Å². The van der Waals surface area contributed by atoms with Crippen LogP contribution in [0.2, 0.25) is 0 Å². The van der Waals surface area contributed by atoms with E-state index in [1.807, 2.05) is 48.0 Å². The van der Waals surface area contributed by atoms with Gasteiger partial charge in [0.2, 0.25) is 5.82 Å². The van der Waals surface area contributed by atoms with Gasteiger partial charge in [0.1, 0.15) is 5.76 Å². The Bertz CT molecular complexity index is 922. The van der Waals surface area contributed by atoms with Crippen molar-refractivity contribution in [3.8, 4) is 23.0 Å². The Morgan fingerprint density at radius 3 is 2.96 bits per heavy atom. The highest BCUT2D eigenvalue weighted by Crippen LogP contribution is 2.22. The maximum Gasteiger partial charge on any atom is 0.204 e. The summed E-state index contributed by atoms with van der Waals surface area (Å²) in [5.41, 5.74) is 2.04. The van der Waals surface area contributed by atoms with E-state index < -0.39 is 0 Å². The highest BCUT2D eigenvalue weighted by atomic mass is 16.3. The predicted octanol–water partition coefficient (Wildman–Crippen LogP) is 2.68. The summed E-state index contributed by atoms with van der Waals surface area (Å²) in [6.45, 7) is 2.60. The number of hydrogen-bond acceptors (Lipinski definition) is 5. The Labute approximate surface area is 132 Å². The molecule has 0 saturated carbocycles. The third-order valence-electron chi connectivity index (χ3n) is 3.56. The van der Waals surface area contributed by atoms with Crippen LogP contribution in [0.5, 0.6) is 0 Å². The van der Waals surface area contributed by atoms with Crippen LogP contribution in [0.15, 0.2) is 53.2 Å². The van der Waals surface area contributed by atoms with Crippen LogP contribution in [0.4, 0.5) is 0 Å². The first-order valence-electron chi connectivity index (χ1n) is 7.20. The lowest BCUT2D eigenvalue weighted by Gasteiger charge is -2.07. The van der Waals surface area contributed by atoms with Gasteiger partial charge in [-0.15, -0.1) is 10.2 Å². The molecule has 0 atom stereocenters. The minimum atomic E-state index is 0.583. The van der Waals surface area contributed by atoms with E-state index in [0.29, 0.717) is 12.4 Å². The molecule has 0 bridgehead atoms. The van der Waals surface area contributed by atoms with E-state index in [1.54, 1.807) is 6.20 Å². The summed E-state index contributed by atoms with van der Waals surface area (Å²) in [7, 11) is 0. The fourth-order valence-corrected chi connectivity index (χ4v) is 2.51. The number of benzene rings is 1. The quantitative estimate of drug-likeness (QED) is 0.626. The molecule has 1 aromatic carbocycles. The zero-order valence-electron chi connectivity index (χ0n) is 12.5. The van der Waals surface area contributed by atoms with Gasteiger partial charge in [0.15, 0.2) is 11.6 Å². The maximum absolute atomic E-state index is 5.67. The molecule has 0 aliphatic heterocycles. The summed E-state index contributed by atoms with van der Waals surface area (Å²) in [6, 6.07) is 11.9. The second-order valence-corrected chi connectivity index (χ2v) is 5.22. The van der Waals surface area contributed by atoms with E-state index in [1.165, 1.54) is 0 Å². The Morgan fingerprint density at radius 1 is 1.22 bits per heavy atom. The van der Waals surface area contributed by atoms with Crippen LogP contribution in [-0.2, 0) is 6.54 Å². The zero-order chi connectivity index (χ0) is 15.6. The van der Waals surface area contributed by atoms with Crippen LogP contribution in [0.1, 0.15) is 11.3 Å². The summed E-state index contributed by atoms with van der Waals surface area (Å²) >= 11 is 0. The van der Waals surface area contributed by atoms with E-state index >= 15 is 0 Å². The van der Waals surface area contributed by atoms with Crippen LogP contribution in [0, 0.1) is 6.92 Å². The Kier molecular flexibility index (Phi) is 3.23. The summed E-state index contributed by atoms with van der Waals surface area (Å²) in [5.74, 6) is 3.03. The Balaban J connectivity index is 1.65. The average Bonchev–Trinajstić information content (AvgIpc) is 3.28. The Morgan fingerprint density at radius 2 is 2.17 bits per heavy atom. The largest absolute Gasteiger partial charge is 0.458 e. The molecule has 4 aromatic rings. The SMILES string of the molecule is Cc1ccc(-c2nccn2Cc2cccc(-c3nn[nH]n3)c2)o1. The number of rotatable bonds is 4. The molecule has 1 N–H and O–H groups in total. The molecule has 7 heteroatoms. The number of imidazole rings is 1. The second-order valence-electron chi connectivity index (χ2n) is 5.22. The number of nitrogens with zero attached hydrogens (tertiary/aromatic N) is 5. The fourth-order valence-electron chi connectivity index (χ4n) is 2.51. The van der Waals surface area contributed by atoms with Crippen molar-refractivity contribution in [2.45, 2.75) is 13.5 Å². The van der Waals surface area contributed by atoms with Gasteiger partial charge in [0, 0.05) is 24.5 Å². The number of tetrazole rings is 1. The first kappa shape index (κ1) is 13.4. The van der Waals surface area contributed by atoms with Gasteiger partial charge in [0.05, 0.1) is 0 Å². The fraction of sp³-hybridized carbons (Fsp3) is 0.125. The topological polar surface area (TPSA) is 85.4 Å². The van der Waals surface area contributed by atoms with Gasteiger partial charge in [-0.3, -0.25) is 0 Å².